The lowest BCUT2D eigenvalue weighted by Gasteiger charge is -2.21. The van der Waals surface area contributed by atoms with E-state index in [0.29, 0.717) is 0 Å². The third kappa shape index (κ3) is 9.38. The molecule has 0 saturated carbocycles. The Bertz CT molecular complexity index is 7290. The first-order chi connectivity index (χ1) is 52.6. The fourth-order valence-corrected chi connectivity index (χ4v) is 17.8. The smallest absolute Gasteiger partial charge is 0.143 e. The summed E-state index contributed by atoms with van der Waals surface area (Å²) in [5.74, 6) is 0. The SMILES string of the molecule is c1ccc(-c2ccc3c(-c4c5ccccc5c(-c5ccc6cc(-c7ccc(-c8c9ccccc9c(-c9ccc%10ccc%11oc%12ccc(-c%13ccccc%13)cc%12c%11c%10c9)c9ccccc89)c8cc(-c9ccccc9)ccc78)c7oc8ccc(-c9ccccc9)cc8c7c6c5)c5ccccc45)cccc3c2)cc1. The average molecular weight is 1340 g/mol. The molecule has 0 bridgehead atoms. The third-order valence-corrected chi connectivity index (χ3v) is 22.6. The van der Waals surface area contributed by atoms with Crippen molar-refractivity contribution in [1.82, 2.24) is 0 Å². The molecule has 0 amide bonds. The molecule has 106 heavy (non-hydrogen) atoms. The highest BCUT2D eigenvalue weighted by Crippen LogP contribution is 2.53. The molecule has 0 aliphatic rings. The van der Waals surface area contributed by atoms with Crippen LogP contribution < -0.4 is 0 Å². The molecule has 0 atom stereocenters. The number of rotatable bonds is 9. The Kier molecular flexibility index (Phi) is 13.4. The van der Waals surface area contributed by atoms with Gasteiger partial charge in [0, 0.05) is 27.1 Å². The molecule has 2 heterocycles. The molecule has 0 aliphatic heterocycles. The molecule has 490 valence electrons. The molecule has 0 N–H and O–H groups in total. The zero-order chi connectivity index (χ0) is 69.5. The van der Waals surface area contributed by atoms with Crippen LogP contribution in [0.4, 0.5) is 0 Å². The molecule has 2 heteroatoms. The fourth-order valence-electron chi connectivity index (χ4n) is 17.8. The molecule has 0 aliphatic carbocycles. The Morgan fingerprint density at radius 2 is 0.500 bits per heavy atom. The summed E-state index contributed by atoms with van der Waals surface area (Å²) >= 11 is 0. The summed E-state index contributed by atoms with van der Waals surface area (Å²) in [6.07, 6.45) is 0. The lowest BCUT2D eigenvalue weighted by molar-refractivity contribution is 0.669. The lowest BCUT2D eigenvalue weighted by Crippen LogP contribution is -1.93. The summed E-state index contributed by atoms with van der Waals surface area (Å²) in [4.78, 5) is 0. The van der Waals surface area contributed by atoms with Gasteiger partial charge in [-0.3, -0.25) is 0 Å². The first kappa shape index (κ1) is 59.7. The topological polar surface area (TPSA) is 26.3 Å². The monoisotopic (exact) mass is 1340 g/mol. The zero-order valence-electron chi connectivity index (χ0n) is 57.6. The van der Waals surface area contributed by atoms with Gasteiger partial charge in [-0.05, 0) is 241 Å². The molecule has 0 fully saturated rings. The highest BCUT2D eigenvalue weighted by Gasteiger charge is 2.26. The van der Waals surface area contributed by atoms with Crippen LogP contribution in [0.25, 0.3) is 230 Å². The summed E-state index contributed by atoms with van der Waals surface area (Å²) < 4.78 is 14.1. The number of hydrogen-bond donors (Lipinski definition) is 0. The molecule has 0 saturated heterocycles. The first-order valence-electron chi connectivity index (χ1n) is 36.6. The van der Waals surface area contributed by atoms with Crippen LogP contribution in [0.2, 0.25) is 0 Å². The minimum Gasteiger partial charge on any atom is -0.456 e. The number of benzene rings is 20. The van der Waals surface area contributed by atoms with Gasteiger partial charge in [-0.2, -0.15) is 0 Å². The van der Waals surface area contributed by atoms with Crippen LogP contribution in [0, 0.1) is 0 Å². The highest BCUT2D eigenvalue weighted by atomic mass is 16.3. The van der Waals surface area contributed by atoms with Crippen LogP contribution >= 0.6 is 0 Å². The minimum atomic E-state index is 0.844. The Morgan fingerprint density at radius 3 is 1.02 bits per heavy atom. The van der Waals surface area contributed by atoms with Gasteiger partial charge in [-0.1, -0.05) is 315 Å². The predicted octanol–water partition coefficient (Wildman–Crippen LogP) is 29.7. The molecular formula is C104H62O2. The number of furan rings is 2. The van der Waals surface area contributed by atoms with Crippen molar-refractivity contribution in [2.45, 2.75) is 0 Å². The van der Waals surface area contributed by atoms with Gasteiger partial charge in [0.15, 0.2) is 0 Å². The van der Waals surface area contributed by atoms with Crippen molar-refractivity contribution in [2.75, 3.05) is 0 Å². The van der Waals surface area contributed by atoms with Crippen LogP contribution in [-0.4, -0.2) is 0 Å². The summed E-state index contributed by atoms with van der Waals surface area (Å²) in [7, 11) is 0. The summed E-state index contributed by atoms with van der Waals surface area (Å²) in [6.45, 7) is 0. The van der Waals surface area contributed by atoms with Crippen molar-refractivity contribution in [3.8, 4) is 100 Å². The van der Waals surface area contributed by atoms with E-state index in [9.17, 15) is 0 Å². The van der Waals surface area contributed by atoms with E-state index in [0.717, 1.165) is 121 Å². The third-order valence-electron chi connectivity index (χ3n) is 22.6. The zero-order valence-corrected chi connectivity index (χ0v) is 57.6. The average Bonchev–Trinajstić information content (AvgIpc) is 1.14. The van der Waals surface area contributed by atoms with E-state index in [4.69, 9.17) is 8.83 Å². The second kappa shape index (κ2) is 23.8. The molecule has 2 aromatic heterocycles. The summed E-state index contributed by atoms with van der Waals surface area (Å²) in [6, 6.07) is 139. The second-order valence-electron chi connectivity index (χ2n) is 28.4. The van der Waals surface area contributed by atoms with Crippen molar-refractivity contribution in [2.24, 2.45) is 0 Å². The molecule has 0 radical (unpaired) electrons. The van der Waals surface area contributed by atoms with Gasteiger partial charge in [0.1, 0.15) is 22.3 Å². The van der Waals surface area contributed by atoms with Gasteiger partial charge >= 0.3 is 0 Å². The molecule has 2 nitrogen and oxygen atoms in total. The van der Waals surface area contributed by atoms with E-state index in [1.165, 1.54) is 109 Å². The van der Waals surface area contributed by atoms with Crippen molar-refractivity contribution in [1.29, 1.82) is 0 Å². The van der Waals surface area contributed by atoms with Crippen LogP contribution in [0.5, 0.6) is 0 Å². The Balaban J connectivity index is 0.757. The fraction of sp³-hybridized carbons (Fsp3) is 0. The molecule has 0 unspecified atom stereocenters. The first-order valence-corrected chi connectivity index (χ1v) is 36.6. The van der Waals surface area contributed by atoms with Crippen molar-refractivity contribution < 1.29 is 8.83 Å². The van der Waals surface area contributed by atoms with Crippen LogP contribution in [-0.2, 0) is 0 Å². The molecule has 0 spiro atoms. The maximum Gasteiger partial charge on any atom is 0.143 e. The standard InChI is InChI=1S/C104H62O2/c1-5-22-63(23-6-1)68-44-49-76-72(56-68)30-21-39-79(76)100-84-35-17-13-31-80(84)99(81-32-14-18-36-85(81)100)75-43-41-73-60-92(104-103(90(73)62-75)94-59-71(48-54-96(94)106-104)66-28-11-4-12-29-66)78-51-52-88(91-57-69(45-50-77(78)91)64-24-7-2-8-25-64)101-86-37-19-15-33-82(86)98(83-34-16-20-38-87(83)101)74-42-40-67-46-55-97-102(89(67)61-74)93-58-70(47-53-95(93)105-97)65-26-9-3-10-27-65/h1-62H. The van der Waals surface area contributed by atoms with Gasteiger partial charge in [-0.15, -0.1) is 0 Å². The quantitative estimate of drug-likeness (QED) is 0.135. The Hall–Kier alpha value is -13.9. The molecule has 22 rings (SSSR count). The van der Waals surface area contributed by atoms with E-state index in [1.807, 2.05) is 0 Å². The van der Waals surface area contributed by atoms with Gasteiger partial charge < -0.3 is 8.83 Å². The van der Waals surface area contributed by atoms with E-state index in [2.05, 4.69) is 376 Å². The molecular weight excluding hydrogens is 1280 g/mol. The van der Waals surface area contributed by atoms with Crippen LogP contribution in [0.1, 0.15) is 0 Å². The van der Waals surface area contributed by atoms with Crippen molar-refractivity contribution in [3.63, 3.8) is 0 Å². The van der Waals surface area contributed by atoms with Gasteiger partial charge in [0.2, 0.25) is 0 Å². The number of hydrogen-bond acceptors (Lipinski definition) is 2. The normalized spacial score (nSPS) is 12.0. The van der Waals surface area contributed by atoms with Crippen LogP contribution in [0.15, 0.2) is 385 Å². The minimum absolute atomic E-state index is 0.844. The van der Waals surface area contributed by atoms with E-state index >= 15 is 0 Å². The van der Waals surface area contributed by atoms with Gasteiger partial charge in [-0.25, -0.2) is 0 Å². The second-order valence-corrected chi connectivity index (χ2v) is 28.4. The Morgan fingerprint density at radius 1 is 0.142 bits per heavy atom. The van der Waals surface area contributed by atoms with Gasteiger partial charge in [0.05, 0.1) is 0 Å². The van der Waals surface area contributed by atoms with Gasteiger partial charge in [0.25, 0.3) is 0 Å². The maximum atomic E-state index is 7.47. The summed E-state index contributed by atoms with van der Waals surface area (Å²) in [5, 5.41) is 23.4. The molecule has 22 aromatic rings. The molecule has 20 aromatic carbocycles. The van der Waals surface area contributed by atoms with Crippen molar-refractivity contribution >= 4 is 130 Å². The Labute approximate surface area is 611 Å². The predicted molar refractivity (Wildman–Crippen MR) is 450 cm³/mol. The maximum absolute atomic E-state index is 7.47. The van der Waals surface area contributed by atoms with E-state index in [1.54, 1.807) is 0 Å². The number of fused-ring (bicyclic) bond motifs is 16. The van der Waals surface area contributed by atoms with E-state index < -0.39 is 0 Å². The largest absolute Gasteiger partial charge is 0.456 e. The van der Waals surface area contributed by atoms with Crippen molar-refractivity contribution in [3.05, 3.63) is 376 Å². The highest BCUT2D eigenvalue weighted by molar-refractivity contribution is 6.30. The van der Waals surface area contributed by atoms with Crippen LogP contribution in [0.3, 0.4) is 0 Å². The summed E-state index contributed by atoms with van der Waals surface area (Å²) in [5.41, 5.74) is 24.5. The lowest BCUT2D eigenvalue weighted by atomic mass is 9.82. The van der Waals surface area contributed by atoms with E-state index in [-0.39, 0.29) is 0 Å².